The van der Waals surface area contributed by atoms with Crippen molar-refractivity contribution in [3.63, 3.8) is 0 Å². The molecule has 1 atom stereocenters. The summed E-state index contributed by atoms with van der Waals surface area (Å²) in [6, 6.07) is 9.73. The van der Waals surface area contributed by atoms with Gasteiger partial charge in [0.05, 0.1) is 21.2 Å². The standard InChI is InChI=1S/C22H23N5O5S2/c1-13(20(28)23-14-5-7-16-17(11-14)25-21(29)24-16)33-22-26-18-12-15(6-8-19(18)32-22)34(30,31)27-9-3-2-4-10-27/h5-8,11-13H,2-4,9-10H2,1H3,(H,23,28)(H2,24,25,29). The normalized spacial score (nSPS) is 16.1. The molecule has 4 aromatic rings. The molecule has 0 saturated carbocycles. The summed E-state index contributed by atoms with van der Waals surface area (Å²) in [5.41, 5.74) is 2.36. The topological polar surface area (TPSA) is 141 Å². The molecular formula is C22H23N5O5S2. The zero-order valence-corrected chi connectivity index (χ0v) is 20.0. The number of anilines is 1. The minimum absolute atomic E-state index is 0.190. The lowest BCUT2D eigenvalue weighted by Crippen LogP contribution is -2.35. The third-order valence-corrected chi connectivity index (χ3v) is 8.56. The van der Waals surface area contributed by atoms with Gasteiger partial charge < -0.3 is 19.7 Å². The Morgan fingerprint density at radius 3 is 2.68 bits per heavy atom. The Labute approximate surface area is 199 Å². The molecule has 1 unspecified atom stereocenters. The quantitative estimate of drug-likeness (QED) is 0.344. The summed E-state index contributed by atoms with van der Waals surface area (Å²) in [4.78, 5) is 34.0. The summed E-state index contributed by atoms with van der Waals surface area (Å²) in [5.74, 6) is -0.266. The fourth-order valence-corrected chi connectivity index (χ4v) is 6.21. The number of H-pyrrole nitrogens is 2. The van der Waals surface area contributed by atoms with Gasteiger partial charge in [0, 0.05) is 18.8 Å². The number of piperidine rings is 1. The van der Waals surface area contributed by atoms with Crippen LogP contribution in [0, 0.1) is 0 Å². The fourth-order valence-electron chi connectivity index (χ4n) is 3.91. The predicted molar refractivity (Wildman–Crippen MR) is 129 cm³/mol. The number of aromatic nitrogens is 3. The molecule has 2 aromatic carbocycles. The van der Waals surface area contributed by atoms with E-state index in [2.05, 4.69) is 20.3 Å². The van der Waals surface area contributed by atoms with Gasteiger partial charge in [-0.15, -0.1) is 0 Å². The van der Waals surface area contributed by atoms with E-state index in [0.717, 1.165) is 31.0 Å². The molecule has 178 valence electrons. The van der Waals surface area contributed by atoms with Gasteiger partial charge in [0.25, 0.3) is 5.22 Å². The van der Waals surface area contributed by atoms with E-state index in [-0.39, 0.29) is 21.7 Å². The summed E-state index contributed by atoms with van der Waals surface area (Å²) < 4.78 is 33.1. The van der Waals surface area contributed by atoms with E-state index in [1.165, 1.54) is 16.4 Å². The van der Waals surface area contributed by atoms with Crippen molar-refractivity contribution in [2.45, 2.75) is 41.6 Å². The molecule has 0 spiro atoms. The number of carbonyl (C=O) groups is 1. The van der Waals surface area contributed by atoms with Gasteiger partial charge in [0.1, 0.15) is 5.52 Å². The highest BCUT2D eigenvalue weighted by atomic mass is 32.2. The van der Waals surface area contributed by atoms with Gasteiger partial charge in [-0.25, -0.2) is 18.2 Å². The number of thioether (sulfide) groups is 1. The summed E-state index contributed by atoms with van der Waals surface area (Å²) in [6.45, 7) is 2.78. The minimum Gasteiger partial charge on any atom is -0.431 e. The maximum absolute atomic E-state index is 12.9. The molecule has 1 saturated heterocycles. The van der Waals surface area contributed by atoms with Crippen LogP contribution in [0.15, 0.2) is 55.7 Å². The van der Waals surface area contributed by atoms with Crippen molar-refractivity contribution in [2.75, 3.05) is 18.4 Å². The Balaban J connectivity index is 1.29. The minimum atomic E-state index is -3.57. The van der Waals surface area contributed by atoms with Crippen LogP contribution in [-0.4, -0.2) is 51.9 Å². The van der Waals surface area contributed by atoms with Crippen molar-refractivity contribution >= 4 is 55.5 Å². The van der Waals surface area contributed by atoms with E-state index >= 15 is 0 Å². The van der Waals surface area contributed by atoms with Gasteiger partial charge in [-0.2, -0.15) is 4.31 Å². The van der Waals surface area contributed by atoms with E-state index in [9.17, 15) is 18.0 Å². The van der Waals surface area contributed by atoms with Crippen LogP contribution in [0.1, 0.15) is 26.2 Å². The van der Waals surface area contributed by atoms with Crippen LogP contribution in [-0.2, 0) is 14.8 Å². The average Bonchev–Trinajstić information content (AvgIpc) is 3.40. The summed E-state index contributed by atoms with van der Waals surface area (Å²) in [6.07, 6.45) is 2.77. The van der Waals surface area contributed by atoms with Crippen molar-refractivity contribution in [3.8, 4) is 0 Å². The lowest BCUT2D eigenvalue weighted by atomic mass is 10.2. The van der Waals surface area contributed by atoms with Crippen LogP contribution < -0.4 is 11.0 Å². The van der Waals surface area contributed by atoms with E-state index in [0.29, 0.717) is 40.9 Å². The summed E-state index contributed by atoms with van der Waals surface area (Å²) in [5, 5.41) is 2.55. The monoisotopic (exact) mass is 501 g/mol. The van der Waals surface area contributed by atoms with Gasteiger partial charge in [-0.1, -0.05) is 18.2 Å². The molecule has 12 heteroatoms. The molecule has 1 aliphatic rings. The van der Waals surface area contributed by atoms with Crippen molar-refractivity contribution in [2.24, 2.45) is 0 Å². The second-order valence-corrected chi connectivity index (χ2v) is 11.4. The summed E-state index contributed by atoms with van der Waals surface area (Å²) in [7, 11) is -3.57. The van der Waals surface area contributed by atoms with E-state index < -0.39 is 15.3 Å². The molecule has 0 aliphatic carbocycles. The van der Waals surface area contributed by atoms with Gasteiger partial charge in [-0.05, 0) is 56.2 Å². The van der Waals surface area contributed by atoms with E-state index in [1.54, 1.807) is 31.2 Å². The zero-order chi connectivity index (χ0) is 23.9. The molecule has 34 heavy (non-hydrogen) atoms. The maximum atomic E-state index is 12.9. The molecular weight excluding hydrogens is 478 g/mol. The molecule has 3 heterocycles. The lowest BCUT2D eigenvalue weighted by Gasteiger charge is -2.25. The van der Waals surface area contributed by atoms with E-state index in [1.807, 2.05) is 0 Å². The highest BCUT2D eigenvalue weighted by Crippen LogP contribution is 2.30. The first-order valence-corrected chi connectivity index (χ1v) is 13.2. The number of nitrogens with one attached hydrogen (secondary N) is 3. The largest absolute Gasteiger partial charge is 0.431 e. The SMILES string of the molecule is CC(Sc1nc2cc(S(=O)(=O)N3CCCCC3)ccc2o1)C(=O)Nc1ccc2[nH]c(=O)[nH]c2c1. The van der Waals surface area contributed by atoms with Gasteiger partial charge >= 0.3 is 5.69 Å². The van der Waals surface area contributed by atoms with Gasteiger partial charge in [0.2, 0.25) is 15.9 Å². The Kier molecular flexibility index (Phi) is 5.96. The van der Waals surface area contributed by atoms with Gasteiger partial charge in [0.15, 0.2) is 5.58 Å². The summed E-state index contributed by atoms with van der Waals surface area (Å²) >= 11 is 1.13. The Bertz CT molecular complexity index is 1530. The average molecular weight is 502 g/mol. The van der Waals surface area contributed by atoms with Crippen molar-refractivity contribution in [1.29, 1.82) is 0 Å². The Hall–Kier alpha value is -3.09. The molecule has 1 amide bonds. The van der Waals surface area contributed by atoms with Crippen LogP contribution in [0.2, 0.25) is 0 Å². The molecule has 10 nitrogen and oxygen atoms in total. The third-order valence-electron chi connectivity index (χ3n) is 5.72. The Morgan fingerprint density at radius 2 is 1.88 bits per heavy atom. The molecule has 2 aromatic heterocycles. The molecule has 1 fully saturated rings. The number of aromatic amines is 2. The van der Waals surface area contributed by atoms with Gasteiger partial charge in [-0.3, -0.25) is 4.79 Å². The highest BCUT2D eigenvalue weighted by molar-refractivity contribution is 8.00. The third kappa shape index (κ3) is 4.48. The number of hydrogen-bond acceptors (Lipinski definition) is 7. The highest BCUT2D eigenvalue weighted by Gasteiger charge is 2.27. The number of amides is 1. The molecule has 0 radical (unpaired) electrons. The number of sulfonamides is 1. The number of carbonyl (C=O) groups excluding carboxylic acids is 1. The van der Waals surface area contributed by atoms with Crippen molar-refractivity contribution in [1.82, 2.24) is 19.3 Å². The van der Waals surface area contributed by atoms with E-state index in [4.69, 9.17) is 4.42 Å². The zero-order valence-electron chi connectivity index (χ0n) is 18.3. The first-order chi connectivity index (χ1) is 16.3. The number of imidazole rings is 1. The number of hydrogen-bond donors (Lipinski definition) is 3. The predicted octanol–water partition coefficient (Wildman–Crippen LogP) is 3.29. The lowest BCUT2D eigenvalue weighted by molar-refractivity contribution is -0.115. The Morgan fingerprint density at radius 1 is 1.12 bits per heavy atom. The van der Waals surface area contributed by atoms with Crippen LogP contribution in [0.25, 0.3) is 22.1 Å². The number of nitrogens with zero attached hydrogens (tertiary/aromatic N) is 2. The van der Waals surface area contributed by atoms with Crippen LogP contribution in [0.3, 0.4) is 0 Å². The van der Waals surface area contributed by atoms with Crippen LogP contribution in [0.4, 0.5) is 5.69 Å². The first kappa shape index (κ1) is 22.7. The first-order valence-electron chi connectivity index (χ1n) is 10.9. The van der Waals surface area contributed by atoms with Crippen LogP contribution in [0.5, 0.6) is 0 Å². The maximum Gasteiger partial charge on any atom is 0.323 e. The molecule has 0 bridgehead atoms. The molecule has 1 aliphatic heterocycles. The number of rotatable bonds is 6. The molecule has 3 N–H and O–H groups in total. The smallest absolute Gasteiger partial charge is 0.323 e. The number of oxazole rings is 1. The number of fused-ring (bicyclic) bond motifs is 2. The molecule has 5 rings (SSSR count). The van der Waals surface area contributed by atoms with Crippen LogP contribution >= 0.6 is 11.8 Å². The second-order valence-electron chi connectivity index (χ2n) is 8.16. The number of benzene rings is 2. The fraction of sp³-hybridized carbons (Fsp3) is 0.318. The van der Waals surface area contributed by atoms with Crippen molar-refractivity contribution in [3.05, 3.63) is 46.9 Å². The van der Waals surface area contributed by atoms with Crippen molar-refractivity contribution < 1.29 is 17.6 Å². The second kappa shape index (κ2) is 8.93.